The average molecular weight is 208 g/mol. The van der Waals surface area contributed by atoms with Crippen LogP contribution in [0.3, 0.4) is 0 Å². The Morgan fingerprint density at radius 3 is 2.23 bits per heavy atom. The summed E-state index contributed by atoms with van der Waals surface area (Å²) in [5.41, 5.74) is 5.46. The monoisotopic (exact) mass is 207 g/mol. The van der Waals surface area contributed by atoms with Gasteiger partial charge in [0.05, 0.1) is 0 Å². The second-order valence-electron chi connectivity index (χ2n) is 4.03. The highest BCUT2D eigenvalue weighted by atomic mass is 35.5. The third kappa shape index (κ3) is 2.85. The largest absolute Gasteiger partial charge is 0.480 e. The van der Waals surface area contributed by atoms with Crippen LogP contribution in [0, 0.1) is 5.41 Å². The zero-order chi connectivity index (χ0) is 9.19. The van der Waals surface area contributed by atoms with Crippen LogP contribution in [0.4, 0.5) is 0 Å². The first kappa shape index (κ1) is 12.7. The summed E-state index contributed by atoms with van der Waals surface area (Å²) in [4.78, 5) is 10.7. The summed E-state index contributed by atoms with van der Waals surface area (Å²) in [6.07, 6.45) is 5.39. The van der Waals surface area contributed by atoms with Crippen LogP contribution in [0.1, 0.15) is 39.0 Å². The number of hydrogen-bond acceptors (Lipinski definition) is 2. The van der Waals surface area contributed by atoms with Crippen LogP contribution in [0.15, 0.2) is 0 Å². The van der Waals surface area contributed by atoms with Crippen molar-refractivity contribution >= 4 is 18.4 Å². The van der Waals surface area contributed by atoms with E-state index in [9.17, 15) is 4.79 Å². The molecule has 0 aromatic heterocycles. The first-order valence-electron chi connectivity index (χ1n) is 4.55. The second kappa shape index (κ2) is 4.82. The number of nitrogens with two attached hydrogens (primary N) is 1. The molecule has 0 amide bonds. The first-order valence-corrected chi connectivity index (χ1v) is 4.55. The lowest BCUT2D eigenvalue weighted by Gasteiger charge is -2.36. The Morgan fingerprint density at radius 2 is 1.85 bits per heavy atom. The van der Waals surface area contributed by atoms with Crippen molar-refractivity contribution in [1.29, 1.82) is 0 Å². The maximum atomic E-state index is 10.7. The average Bonchev–Trinajstić information content (AvgIpc) is 2.04. The minimum atomic E-state index is -0.862. The molecule has 0 heterocycles. The predicted molar refractivity (Wildman–Crippen MR) is 54.1 cm³/mol. The summed E-state index contributed by atoms with van der Waals surface area (Å²) in [5.74, 6) is -0.862. The molecule has 0 aromatic rings. The number of carbonyl (C=O) groups is 1. The van der Waals surface area contributed by atoms with Gasteiger partial charge < -0.3 is 10.8 Å². The van der Waals surface area contributed by atoms with Gasteiger partial charge in [-0.1, -0.05) is 26.2 Å². The molecule has 0 saturated heterocycles. The summed E-state index contributed by atoms with van der Waals surface area (Å²) in [6.45, 7) is 1.99. The quantitative estimate of drug-likeness (QED) is 0.726. The van der Waals surface area contributed by atoms with Crippen LogP contribution in [-0.2, 0) is 4.79 Å². The van der Waals surface area contributed by atoms with E-state index < -0.39 is 12.0 Å². The maximum Gasteiger partial charge on any atom is 0.321 e. The molecule has 1 rings (SSSR count). The molecule has 0 spiro atoms. The number of carboxylic acid groups (broad SMARTS) is 1. The summed E-state index contributed by atoms with van der Waals surface area (Å²) in [6, 6.07) is -0.683. The van der Waals surface area contributed by atoms with Gasteiger partial charge in [-0.15, -0.1) is 12.4 Å². The highest BCUT2D eigenvalue weighted by Crippen LogP contribution is 2.37. The fraction of sp³-hybridized carbons (Fsp3) is 0.889. The minimum Gasteiger partial charge on any atom is -0.480 e. The predicted octanol–water partition coefficient (Wildman–Crippen LogP) is 1.79. The molecule has 3 nitrogen and oxygen atoms in total. The molecular weight excluding hydrogens is 190 g/mol. The zero-order valence-electron chi connectivity index (χ0n) is 7.95. The summed E-state index contributed by atoms with van der Waals surface area (Å²) < 4.78 is 0. The van der Waals surface area contributed by atoms with Gasteiger partial charge >= 0.3 is 5.97 Å². The molecule has 0 aromatic carbocycles. The van der Waals surface area contributed by atoms with Gasteiger partial charge in [-0.2, -0.15) is 0 Å². The van der Waals surface area contributed by atoms with Gasteiger partial charge in [0.1, 0.15) is 6.04 Å². The Hall–Kier alpha value is -0.280. The highest BCUT2D eigenvalue weighted by Gasteiger charge is 2.37. The Balaban J connectivity index is 0.00000144. The van der Waals surface area contributed by atoms with Crippen LogP contribution in [0.25, 0.3) is 0 Å². The van der Waals surface area contributed by atoms with Crippen molar-refractivity contribution in [2.45, 2.75) is 45.1 Å². The van der Waals surface area contributed by atoms with Crippen molar-refractivity contribution in [2.24, 2.45) is 11.1 Å². The van der Waals surface area contributed by atoms with Gasteiger partial charge in [-0.3, -0.25) is 4.79 Å². The van der Waals surface area contributed by atoms with E-state index in [0.717, 1.165) is 25.7 Å². The fourth-order valence-corrected chi connectivity index (χ4v) is 1.97. The molecule has 0 aliphatic heterocycles. The Kier molecular flexibility index (Phi) is 4.71. The van der Waals surface area contributed by atoms with Crippen LogP contribution in [-0.4, -0.2) is 17.1 Å². The third-order valence-electron chi connectivity index (χ3n) is 3.01. The standard InChI is InChI=1S/C9H17NO2.ClH/c1-9(7(10)8(11)12)5-3-2-4-6-9;/h7H,2-6,10H2,1H3,(H,11,12);1H. The van der Waals surface area contributed by atoms with E-state index >= 15 is 0 Å². The van der Waals surface area contributed by atoms with Gasteiger partial charge in [0.25, 0.3) is 0 Å². The van der Waals surface area contributed by atoms with E-state index in [-0.39, 0.29) is 17.8 Å². The topological polar surface area (TPSA) is 63.3 Å². The van der Waals surface area contributed by atoms with E-state index in [1.165, 1.54) is 6.42 Å². The number of carboxylic acids is 1. The molecule has 1 atom stereocenters. The molecule has 1 aliphatic carbocycles. The molecule has 1 unspecified atom stereocenters. The van der Waals surface area contributed by atoms with Gasteiger partial charge in [0, 0.05) is 0 Å². The lowest BCUT2D eigenvalue weighted by atomic mass is 9.71. The molecule has 1 fully saturated rings. The molecule has 0 bridgehead atoms. The molecule has 1 aliphatic rings. The molecule has 78 valence electrons. The number of halogens is 1. The minimum absolute atomic E-state index is 0. The summed E-state index contributed by atoms with van der Waals surface area (Å²) >= 11 is 0. The highest BCUT2D eigenvalue weighted by molar-refractivity contribution is 5.85. The van der Waals surface area contributed by atoms with Gasteiger partial charge in [0.2, 0.25) is 0 Å². The lowest BCUT2D eigenvalue weighted by Crippen LogP contribution is -2.46. The summed E-state index contributed by atoms with van der Waals surface area (Å²) in [7, 11) is 0. The van der Waals surface area contributed by atoms with E-state index in [2.05, 4.69) is 0 Å². The normalized spacial score (nSPS) is 22.9. The smallest absolute Gasteiger partial charge is 0.321 e. The Labute approximate surface area is 85.1 Å². The lowest BCUT2D eigenvalue weighted by molar-refractivity contribution is -0.142. The maximum absolute atomic E-state index is 10.7. The number of rotatable bonds is 2. The van der Waals surface area contributed by atoms with Gasteiger partial charge in [-0.25, -0.2) is 0 Å². The molecule has 4 heteroatoms. The Morgan fingerprint density at radius 1 is 1.38 bits per heavy atom. The summed E-state index contributed by atoms with van der Waals surface area (Å²) in [5, 5.41) is 8.77. The number of aliphatic carboxylic acids is 1. The van der Waals surface area contributed by atoms with Crippen molar-refractivity contribution in [2.75, 3.05) is 0 Å². The van der Waals surface area contributed by atoms with E-state index in [4.69, 9.17) is 10.8 Å². The molecule has 3 N–H and O–H groups in total. The van der Waals surface area contributed by atoms with Crippen LogP contribution in [0.2, 0.25) is 0 Å². The molecule has 1 saturated carbocycles. The number of hydrogen-bond donors (Lipinski definition) is 2. The van der Waals surface area contributed by atoms with Crippen molar-refractivity contribution < 1.29 is 9.90 Å². The van der Waals surface area contributed by atoms with E-state index in [1.54, 1.807) is 0 Å². The van der Waals surface area contributed by atoms with Crippen molar-refractivity contribution in [3.8, 4) is 0 Å². The second-order valence-corrected chi connectivity index (χ2v) is 4.03. The van der Waals surface area contributed by atoms with E-state index in [1.807, 2.05) is 6.92 Å². The van der Waals surface area contributed by atoms with E-state index in [0.29, 0.717) is 0 Å². The van der Waals surface area contributed by atoms with Crippen molar-refractivity contribution in [1.82, 2.24) is 0 Å². The van der Waals surface area contributed by atoms with Crippen LogP contribution >= 0.6 is 12.4 Å². The molecule has 0 radical (unpaired) electrons. The SMILES string of the molecule is CC1(C(N)C(=O)O)CCCCC1.Cl. The van der Waals surface area contributed by atoms with Crippen LogP contribution in [0.5, 0.6) is 0 Å². The Bertz CT molecular complexity index is 178. The first-order chi connectivity index (χ1) is 5.56. The van der Waals surface area contributed by atoms with Crippen LogP contribution < -0.4 is 5.73 Å². The molecular formula is C9H18ClNO2. The van der Waals surface area contributed by atoms with Gasteiger partial charge in [-0.05, 0) is 18.3 Å². The third-order valence-corrected chi connectivity index (χ3v) is 3.01. The fourth-order valence-electron chi connectivity index (χ4n) is 1.97. The molecule has 13 heavy (non-hydrogen) atoms. The van der Waals surface area contributed by atoms with Gasteiger partial charge in [0.15, 0.2) is 0 Å². The zero-order valence-corrected chi connectivity index (χ0v) is 8.77. The van der Waals surface area contributed by atoms with Crippen molar-refractivity contribution in [3.63, 3.8) is 0 Å². The van der Waals surface area contributed by atoms with Crippen molar-refractivity contribution in [3.05, 3.63) is 0 Å².